The number of nitrogens with zero attached hydrogens (tertiary/aromatic N) is 7. The summed E-state index contributed by atoms with van der Waals surface area (Å²) in [5.74, 6) is 0.924. The first-order valence-electron chi connectivity index (χ1n) is 13.6. The first kappa shape index (κ1) is 28.9. The number of nitrogens with two attached hydrogens (primary N) is 1. The number of thiophene rings is 1. The Morgan fingerprint density at radius 2 is 1.69 bits per heavy atom. The smallest absolute Gasteiger partial charge is 0.410 e. The first-order chi connectivity index (χ1) is 18.7. The van der Waals surface area contributed by atoms with Gasteiger partial charge in [0.25, 0.3) is 0 Å². The van der Waals surface area contributed by atoms with Crippen LogP contribution in [0.2, 0.25) is 0 Å². The maximum Gasteiger partial charge on any atom is 0.410 e. The van der Waals surface area contributed by atoms with Crippen LogP contribution in [0.3, 0.4) is 0 Å². The summed E-state index contributed by atoms with van der Waals surface area (Å²) in [7, 11) is 0. The van der Waals surface area contributed by atoms with E-state index in [2.05, 4.69) is 26.7 Å². The summed E-state index contributed by atoms with van der Waals surface area (Å²) >= 11 is 1.69. The molecule has 0 aromatic carbocycles. The number of fused-ring (bicyclic) bond motifs is 1. The molecule has 2 N–H and O–H groups in total. The largest absolute Gasteiger partial charge is 0.444 e. The minimum Gasteiger partial charge on any atom is -0.444 e. The fraction of sp³-hybridized carbons (Fsp3) is 0.593. The monoisotopic (exact) mass is 556 g/mol. The van der Waals surface area contributed by atoms with E-state index in [0.717, 1.165) is 54.2 Å². The summed E-state index contributed by atoms with van der Waals surface area (Å²) in [6.45, 7) is 18.2. The minimum atomic E-state index is -0.494. The predicted octanol–water partition coefficient (Wildman–Crippen LogP) is 3.95. The first-order valence-corrected chi connectivity index (χ1v) is 14.4. The number of morpholine rings is 1. The molecule has 2 aliphatic heterocycles. The lowest BCUT2D eigenvalue weighted by molar-refractivity contribution is 0.0139. The van der Waals surface area contributed by atoms with Gasteiger partial charge in [0.2, 0.25) is 11.9 Å². The number of amides is 1. The molecule has 1 amide bonds. The Morgan fingerprint density at radius 1 is 1.05 bits per heavy atom. The molecule has 0 saturated carbocycles. The molecule has 5 heterocycles. The van der Waals surface area contributed by atoms with Crippen molar-refractivity contribution in [2.75, 3.05) is 63.1 Å². The SMILES string of the molecule is CC.Cc1sc2c(-c3cnc(N)nc3)nc(N3CCOCC3)nc2c1CN1CCN(C(=O)OC(C)(C)C)CC1. The summed E-state index contributed by atoms with van der Waals surface area (Å²) in [6, 6.07) is 0. The zero-order chi connectivity index (χ0) is 28.2. The van der Waals surface area contributed by atoms with Gasteiger partial charge in [0, 0.05) is 74.2 Å². The lowest BCUT2D eigenvalue weighted by Crippen LogP contribution is -2.49. The standard InChI is InChI=1S/C25H34N8O3S.C2H6/c1-16-18(15-31-5-7-33(8-6-31)24(34)36-25(2,3)4)20-21(37-16)19(17-13-27-22(26)28-14-17)29-23(30-20)32-9-11-35-12-10-32;1-2/h13-14H,5-12,15H2,1-4H3,(H2,26,27,28);1-2H3. The van der Waals surface area contributed by atoms with Gasteiger partial charge in [0.15, 0.2) is 0 Å². The molecular formula is C27H40N8O3S. The molecule has 3 aromatic heterocycles. The van der Waals surface area contributed by atoms with Crippen LogP contribution in [0.5, 0.6) is 0 Å². The number of ether oxygens (including phenoxy) is 2. The fourth-order valence-electron chi connectivity index (χ4n) is 4.51. The highest BCUT2D eigenvalue weighted by atomic mass is 32.1. The summed E-state index contributed by atoms with van der Waals surface area (Å²) in [5.41, 5.74) is 9.04. The van der Waals surface area contributed by atoms with Crippen LogP contribution in [0.25, 0.3) is 21.5 Å². The van der Waals surface area contributed by atoms with E-state index in [1.54, 1.807) is 28.6 Å². The second-order valence-corrected chi connectivity index (χ2v) is 11.6. The maximum atomic E-state index is 12.5. The van der Waals surface area contributed by atoms with Crippen LogP contribution in [0, 0.1) is 6.92 Å². The lowest BCUT2D eigenvalue weighted by atomic mass is 10.1. The van der Waals surface area contributed by atoms with Crippen LogP contribution < -0.4 is 10.6 Å². The average molecular weight is 557 g/mol. The van der Waals surface area contributed by atoms with Crippen molar-refractivity contribution in [3.63, 3.8) is 0 Å². The van der Waals surface area contributed by atoms with Crippen molar-refractivity contribution in [3.8, 4) is 11.3 Å². The third kappa shape index (κ3) is 6.92. The van der Waals surface area contributed by atoms with Gasteiger partial charge in [-0.3, -0.25) is 4.90 Å². The van der Waals surface area contributed by atoms with Gasteiger partial charge in [0.1, 0.15) is 5.60 Å². The van der Waals surface area contributed by atoms with Gasteiger partial charge in [-0.05, 0) is 27.7 Å². The highest BCUT2D eigenvalue weighted by Gasteiger charge is 2.28. The molecule has 5 rings (SSSR count). The Labute approximate surface area is 234 Å². The number of hydrogen-bond acceptors (Lipinski definition) is 11. The third-order valence-electron chi connectivity index (χ3n) is 6.46. The molecule has 0 spiro atoms. The number of carbonyl (C=O) groups excluding carboxylic acids is 1. The summed E-state index contributed by atoms with van der Waals surface area (Å²) in [6.07, 6.45) is 3.19. The van der Waals surface area contributed by atoms with E-state index in [0.29, 0.717) is 32.3 Å². The van der Waals surface area contributed by atoms with Crippen LogP contribution >= 0.6 is 11.3 Å². The number of nitrogen functional groups attached to an aromatic ring is 1. The third-order valence-corrected chi connectivity index (χ3v) is 7.61. The molecule has 0 bridgehead atoms. The highest BCUT2D eigenvalue weighted by Crippen LogP contribution is 2.38. The molecule has 12 heteroatoms. The molecule has 11 nitrogen and oxygen atoms in total. The number of rotatable bonds is 4. The highest BCUT2D eigenvalue weighted by molar-refractivity contribution is 7.19. The second-order valence-electron chi connectivity index (χ2n) is 10.4. The van der Waals surface area contributed by atoms with E-state index < -0.39 is 5.60 Å². The molecule has 212 valence electrons. The zero-order valence-electron chi connectivity index (χ0n) is 23.9. The van der Waals surface area contributed by atoms with Crippen molar-refractivity contribution in [3.05, 3.63) is 22.8 Å². The van der Waals surface area contributed by atoms with Gasteiger partial charge in [-0.15, -0.1) is 11.3 Å². The van der Waals surface area contributed by atoms with E-state index in [1.807, 2.05) is 34.6 Å². The molecule has 0 atom stereocenters. The molecule has 2 saturated heterocycles. The summed E-state index contributed by atoms with van der Waals surface area (Å²) in [5, 5.41) is 0. The topological polar surface area (TPSA) is 123 Å². The van der Waals surface area contributed by atoms with Crippen LogP contribution in [0.1, 0.15) is 45.1 Å². The lowest BCUT2D eigenvalue weighted by Gasteiger charge is -2.35. The Morgan fingerprint density at radius 3 is 2.31 bits per heavy atom. The molecule has 0 radical (unpaired) electrons. The number of hydrogen-bond donors (Lipinski definition) is 1. The number of anilines is 2. The minimum absolute atomic E-state index is 0.232. The second kappa shape index (κ2) is 12.4. The predicted molar refractivity (Wildman–Crippen MR) is 155 cm³/mol. The number of piperazine rings is 1. The fourth-order valence-corrected chi connectivity index (χ4v) is 5.62. The molecular weight excluding hydrogens is 516 g/mol. The molecule has 0 aliphatic carbocycles. The van der Waals surface area contributed by atoms with Gasteiger partial charge >= 0.3 is 6.09 Å². The number of aryl methyl sites for hydroxylation is 1. The van der Waals surface area contributed by atoms with Gasteiger partial charge in [-0.25, -0.2) is 24.7 Å². The normalized spacial score (nSPS) is 16.7. The van der Waals surface area contributed by atoms with Crippen LogP contribution in [0.15, 0.2) is 12.4 Å². The maximum absolute atomic E-state index is 12.5. The Hall–Kier alpha value is -3.09. The van der Waals surface area contributed by atoms with E-state index in [4.69, 9.17) is 25.2 Å². The summed E-state index contributed by atoms with van der Waals surface area (Å²) < 4.78 is 12.1. The number of carbonyl (C=O) groups is 1. The molecule has 2 fully saturated rings. The van der Waals surface area contributed by atoms with Crippen LogP contribution in [-0.4, -0.2) is 93.9 Å². The Kier molecular flexibility index (Phi) is 9.19. The Bertz CT molecular complexity index is 1260. The molecule has 0 unspecified atom stereocenters. The van der Waals surface area contributed by atoms with Gasteiger partial charge in [0.05, 0.1) is 29.1 Å². The van der Waals surface area contributed by atoms with Crippen molar-refractivity contribution >= 4 is 39.5 Å². The van der Waals surface area contributed by atoms with Crippen molar-refractivity contribution in [2.45, 2.75) is 53.7 Å². The zero-order valence-corrected chi connectivity index (χ0v) is 24.7. The van der Waals surface area contributed by atoms with Crippen LogP contribution in [-0.2, 0) is 16.0 Å². The summed E-state index contributed by atoms with van der Waals surface area (Å²) in [4.78, 5) is 38.4. The van der Waals surface area contributed by atoms with E-state index in [-0.39, 0.29) is 12.0 Å². The van der Waals surface area contributed by atoms with E-state index in [9.17, 15) is 4.79 Å². The quantitative estimate of drug-likeness (QED) is 0.505. The molecule has 39 heavy (non-hydrogen) atoms. The van der Waals surface area contributed by atoms with E-state index in [1.165, 1.54) is 10.4 Å². The van der Waals surface area contributed by atoms with Crippen molar-refractivity contribution in [2.24, 2.45) is 0 Å². The van der Waals surface area contributed by atoms with E-state index >= 15 is 0 Å². The van der Waals surface area contributed by atoms with Crippen molar-refractivity contribution in [1.82, 2.24) is 29.7 Å². The average Bonchev–Trinajstić information content (AvgIpc) is 3.24. The molecule has 3 aromatic rings. The van der Waals surface area contributed by atoms with Crippen LogP contribution in [0.4, 0.5) is 16.7 Å². The van der Waals surface area contributed by atoms with Gasteiger partial charge < -0.3 is 25.0 Å². The van der Waals surface area contributed by atoms with Gasteiger partial charge in [-0.1, -0.05) is 13.8 Å². The Balaban J connectivity index is 0.00000172. The van der Waals surface area contributed by atoms with Gasteiger partial charge in [-0.2, -0.15) is 0 Å². The number of aromatic nitrogens is 4. The molecule has 2 aliphatic rings. The van der Waals surface area contributed by atoms with Crippen molar-refractivity contribution < 1.29 is 14.3 Å². The van der Waals surface area contributed by atoms with Crippen molar-refractivity contribution in [1.29, 1.82) is 0 Å².